The van der Waals surface area contributed by atoms with E-state index in [9.17, 15) is 4.79 Å². The highest BCUT2D eigenvalue weighted by molar-refractivity contribution is 5.95. The van der Waals surface area contributed by atoms with Gasteiger partial charge in [0.15, 0.2) is 0 Å². The SMILES string of the molecule is [CH2]C(=O)N(c1ccccc1)N(C)C. The van der Waals surface area contributed by atoms with Gasteiger partial charge in [0, 0.05) is 21.0 Å². The van der Waals surface area contributed by atoms with E-state index in [0.29, 0.717) is 0 Å². The van der Waals surface area contributed by atoms with Crippen LogP contribution in [-0.4, -0.2) is 25.0 Å². The maximum absolute atomic E-state index is 11.2. The Labute approximate surface area is 78.5 Å². The molecule has 1 rings (SSSR count). The summed E-state index contributed by atoms with van der Waals surface area (Å²) in [5.41, 5.74) is 0.826. The molecule has 1 amide bonds. The molecule has 0 bridgehead atoms. The van der Waals surface area contributed by atoms with Crippen LogP contribution in [0, 0.1) is 6.92 Å². The van der Waals surface area contributed by atoms with Gasteiger partial charge in [-0.3, -0.25) is 4.79 Å². The first-order valence-corrected chi connectivity index (χ1v) is 4.01. The lowest BCUT2D eigenvalue weighted by Crippen LogP contribution is -2.40. The van der Waals surface area contributed by atoms with E-state index >= 15 is 0 Å². The summed E-state index contributed by atoms with van der Waals surface area (Å²) in [5.74, 6) is -0.240. The smallest absolute Gasteiger partial charge is 0.242 e. The van der Waals surface area contributed by atoms with E-state index in [0.717, 1.165) is 5.69 Å². The molecule has 0 unspecified atom stereocenters. The normalized spacial score (nSPS) is 10.2. The van der Waals surface area contributed by atoms with Crippen molar-refractivity contribution in [3.05, 3.63) is 37.3 Å². The molecule has 3 nitrogen and oxygen atoms in total. The molecule has 1 aromatic rings. The van der Waals surface area contributed by atoms with Gasteiger partial charge in [0.2, 0.25) is 5.91 Å². The summed E-state index contributed by atoms with van der Waals surface area (Å²) < 4.78 is 0. The number of rotatable bonds is 2. The molecule has 0 aliphatic heterocycles. The standard InChI is InChI=1S/C10H13N2O/c1-9(13)12(11(2)3)10-7-5-4-6-8-10/h4-8H,1H2,2-3H3. The number of amides is 1. The van der Waals surface area contributed by atoms with Crippen LogP contribution < -0.4 is 5.01 Å². The van der Waals surface area contributed by atoms with E-state index in [1.165, 1.54) is 5.01 Å². The zero-order valence-electron chi connectivity index (χ0n) is 7.90. The fraction of sp³-hybridized carbons (Fsp3) is 0.200. The van der Waals surface area contributed by atoms with Gasteiger partial charge in [-0.2, -0.15) is 0 Å². The van der Waals surface area contributed by atoms with Crippen molar-refractivity contribution in [2.45, 2.75) is 0 Å². The number of carbonyl (C=O) groups is 1. The van der Waals surface area contributed by atoms with Crippen molar-refractivity contribution in [2.75, 3.05) is 19.1 Å². The van der Waals surface area contributed by atoms with Crippen LogP contribution in [0.3, 0.4) is 0 Å². The number of nitrogens with zero attached hydrogens (tertiary/aromatic N) is 2. The molecule has 1 radical (unpaired) electrons. The van der Waals surface area contributed by atoms with Gasteiger partial charge < -0.3 is 0 Å². The summed E-state index contributed by atoms with van der Waals surface area (Å²) >= 11 is 0. The highest BCUT2D eigenvalue weighted by Crippen LogP contribution is 2.13. The van der Waals surface area contributed by atoms with Crippen molar-refractivity contribution in [1.29, 1.82) is 0 Å². The molecule has 0 aliphatic rings. The minimum absolute atomic E-state index is 0.240. The molecular weight excluding hydrogens is 164 g/mol. The summed E-state index contributed by atoms with van der Waals surface area (Å²) in [6.45, 7) is 3.38. The van der Waals surface area contributed by atoms with Crippen molar-refractivity contribution >= 4 is 11.6 Å². The number of carbonyl (C=O) groups excluding carboxylic acids is 1. The Bertz CT molecular complexity index is 282. The van der Waals surface area contributed by atoms with Crippen molar-refractivity contribution in [3.63, 3.8) is 0 Å². The predicted octanol–water partition coefficient (Wildman–Crippen LogP) is 1.33. The van der Waals surface area contributed by atoms with Gasteiger partial charge in [0.25, 0.3) is 0 Å². The second-order valence-corrected chi connectivity index (χ2v) is 2.89. The van der Waals surface area contributed by atoms with E-state index in [2.05, 4.69) is 6.92 Å². The number of anilines is 1. The Kier molecular flexibility index (Phi) is 3.03. The van der Waals surface area contributed by atoms with E-state index < -0.39 is 0 Å². The van der Waals surface area contributed by atoms with Crippen LogP contribution in [-0.2, 0) is 4.79 Å². The zero-order chi connectivity index (χ0) is 9.84. The van der Waals surface area contributed by atoms with Crippen LogP contribution in [0.25, 0.3) is 0 Å². The van der Waals surface area contributed by atoms with Crippen LogP contribution in [0.2, 0.25) is 0 Å². The topological polar surface area (TPSA) is 23.6 Å². The summed E-state index contributed by atoms with van der Waals surface area (Å²) in [6.07, 6.45) is 0. The van der Waals surface area contributed by atoms with E-state index in [4.69, 9.17) is 0 Å². The summed E-state index contributed by atoms with van der Waals surface area (Å²) in [4.78, 5) is 11.2. The van der Waals surface area contributed by atoms with Crippen LogP contribution in [0.4, 0.5) is 5.69 Å². The Morgan fingerprint density at radius 3 is 2.15 bits per heavy atom. The second-order valence-electron chi connectivity index (χ2n) is 2.89. The lowest BCUT2D eigenvalue weighted by molar-refractivity contribution is -0.116. The number of hydrogen-bond acceptors (Lipinski definition) is 2. The van der Waals surface area contributed by atoms with Crippen LogP contribution in [0.5, 0.6) is 0 Å². The molecule has 0 atom stereocenters. The maximum atomic E-state index is 11.2. The highest BCUT2D eigenvalue weighted by Gasteiger charge is 2.12. The van der Waals surface area contributed by atoms with Crippen molar-refractivity contribution < 1.29 is 4.79 Å². The van der Waals surface area contributed by atoms with Gasteiger partial charge in [0.05, 0.1) is 5.69 Å². The van der Waals surface area contributed by atoms with Gasteiger partial charge in [-0.15, -0.1) is 0 Å². The summed E-state index contributed by atoms with van der Waals surface area (Å²) in [5, 5.41) is 3.20. The van der Waals surface area contributed by atoms with Gasteiger partial charge in [0.1, 0.15) is 0 Å². The van der Waals surface area contributed by atoms with Crippen LogP contribution in [0.15, 0.2) is 30.3 Å². The zero-order valence-corrected chi connectivity index (χ0v) is 7.90. The van der Waals surface area contributed by atoms with Gasteiger partial charge in [-0.05, 0) is 12.1 Å². The second kappa shape index (κ2) is 4.05. The molecule has 0 spiro atoms. The third kappa shape index (κ3) is 2.29. The third-order valence-electron chi connectivity index (χ3n) is 1.64. The molecule has 0 fully saturated rings. The molecule has 0 N–H and O–H groups in total. The molecule has 0 heterocycles. The van der Waals surface area contributed by atoms with E-state index in [1.54, 1.807) is 19.1 Å². The molecule has 0 aliphatic carbocycles. The fourth-order valence-corrected chi connectivity index (χ4v) is 1.17. The van der Waals surface area contributed by atoms with Gasteiger partial charge >= 0.3 is 0 Å². The largest absolute Gasteiger partial charge is 0.273 e. The monoisotopic (exact) mass is 177 g/mol. The van der Waals surface area contributed by atoms with Crippen LogP contribution >= 0.6 is 0 Å². The Balaban J connectivity index is 2.96. The van der Waals surface area contributed by atoms with Crippen molar-refractivity contribution in [3.8, 4) is 0 Å². The Hall–Kier alpha value is -1.35. The van der Waals surface area contributed by atoms with Gasteiger partial charge in [-0.25, -0.2) is 10.0 Å². The molecule has 0 saturated carbocycles. The average molecular weight is 177 g/mol. The quantitative estimate of drug-likeness (QED) is 0.636. The molecule has 0 aromatic heterocycles. The Morgan fingerprint density at radius 2 is 1.77 bits per heavy atom. The van der Waals surface area contributed by atoms with E-state index in [-0.39, 0.29) is 5.91 Å². The lowest BCUT2D eigenvalue weighted by Gasteiger charge is -2.27. The van der Waals surface area contributed by atoms with E-state index in [1.807, 2.05) is 30.3 Å². The number of hydrazine groups is 1. The first-order valence-electron chi connectivity index (χ1n) is 4.01. The molecule has 0 saturated heterocycles. The average Bonchev–Trinajstić information content (AvgIpc) is 2.04. The molecule has 69 valence electrons. The minimum atomic E-state index is -0.240. The van der Waals surface area contributed by atoms with Crippen molar-refractivity contribution in [1.82, 2.24) is 5.01 Å². The summed E-state index contributed by atoms with van der Waals surface area (Å²) in [7, 11) is 3.60. The number of benzene rings is 1. The first-order chi connectivity index (χ1) is 6.13. The van der Waals surface area contributed by atoms with Crippen molar-refractivity contribution in [2.24, 2.45) is 0 Å². The Morgan fingerprint density at radius 1 is 1.23 bits per heavy atom. The molecular formula is C10H13N2O. The first kappa shape index (κ1) is 9.74. The number of para-hydroxylation sites is 1. The molecule has 13 heavy (non-hydrogen) atoms. The van der Waals surface area contributed by atoms with Crippen LogP contribution in [0.1, 0.15) is 0 Å². The molecule has 1 aromatic carbocycles. The third-order valence-corrected chi connectivity index (χ3v) is 1.64. The maximum Gasteiger partial charge on any atom is 0.242 e. The predicted molar refractivity (Wildman–Crippen MR) is 53.0 cm³/mol. The number of hydrogen-bond donors (Lipinski definition) is 0. The molecule has 3 heteroatoms. The lowest BCUT2D eigenvalue weighted by atomic mass is 10.3. The summed E-state index contributed by atoms with van der Waals surface area (Å²) in [6, 6.07) is 9.40. The minimum Gasteiger partial charge on any atom is -0.273 e. The van der Waals surface area contributed by atoms with Gasteiger partial charge in [-0.1, -0.05) is 18.2 Å². The fourth-order valence-electron chi connectivity index (χ4n) is 1.17. The highest BCUT2D eigenvalue weighted by atomic mass is 16.2.